The van der Waals surface area contributed by atoms with E-state index < -0.39 is 5.60 Å². The van der Waals surface area contributed by atoms with Crippen molar-refractivity contribution in [2.45, 2.75) is 46.6 Å². The van der Waals surface area contributed by atoms with Gasteiger partial charge in [0.2, 0.25) is 0 Å². The highest BCUT2D eigenvalue weighted by molar-refractivity contribution is 14.0. The Bertz CT molecular complexity index is 407. The van der Waals surface area contributed by atoms with E-state index in [2.05, 4.69) is 27.9 Å². The first kappa shape index (κ1) is 23.2. The predicted octanol–water partition coefficient (Wildman–Crippen LogP) is 2.11. The van der Waals surface area contributed by atoms with Gasteiger partial charge in [-0.3, -0.25) is 4.99 Å². The summed E-state index contributed by atoms with van der Waals surface area (Å²) < 4.78 is 10.4. The Labute approximate surface area is 162 Å². The number of guanidine groups is 1. The first-order chi connectivity index (χ1) is 10.7. The van der Waals surface area contributed by atoms with Crippen LogP contribution >= 0.6 is 24.0 Å². The van der Waals surface area contributed by atoms with Crippen LogP contribution in [0.4, 0.5) is 4.79 Å². The Balaban J connectivity index is 0.00000529. The highest BCUT2D eigenvalue weighted by atomic mass is 127. The first-order valence-electron chi connectivity index (χ1n) is 8.31. The fourth-order valence-corrected chi connectivity index (χ4v) is 1.95. The van der Waals surface area contributed by atoms with E-state index in [0.29, 0.717) is 6.54 Å². The molecule has 0 aromatic heterocycles. The van der Waals surface area contributed by atoms with Gasteiger partial charge in [0.05, 0.1) is 19.8 Å². The second kappa shape index (κ2) is 11.0. The molecule has 1 heterocycles. The molecule has 1 amide bonds. The molecule has 24 heavy (non-hydrogen) atoms. The highest BCUT2D eigenvalue weighted by Crippen LogP contribution is 2.26. The summed E-state index contributed by atoms with van der Waals surface area (Å²) in [5, 5.41) is 9.23. The van der Waals surface area contributed by atoms with Crippen molar-refractivity contribution >= 4 is 36.0 Å². The Kier molecular flexibility index (Phi) is 10.6. The first-order valence-corrected chi connectivity index (χ1v) is 8.31. The predicted molar refractivity (Wildman–Crippen MR) is 107 cm³/mol. The number of halogens is 1. The van der Waals surface area contributed by atoms with E-state index in [-0.39, 0.29) is 35.5 Å². The Morgan fingerprint density at radius 1 is 1.21 bits per heavy atom. The number of amides is 1. The lowest BCUT2D eigenvalue weighted by Crippen LogP contribution is -2.44. The molecule has 0 radical (unpaired) electrons. The number of carbonyl (C=O) groups excluding carboxylic acids is 1. The zero-order chi connectivity index (χ0) is 17.3. The molecule has 1 rings (SSSR count). The summed E-state index contributed by atoms with van der Waals surface area (Å²) in [6, 6.07) is 0. The lowest BCUT2D eigenvalue weighted by Gasteiger charge is -2.36. The number of alkyl carbamates (subject to hydrolysis) is 1. The normalized spacial score (nSPS) is 16.5. The molecule has 0 bridgehead atoms. The molecule has 0 aromatic rings. The number of nitrogens with zero attached hydrogens (tertiary/aromatic N) is 1. The van der Waals surface area contributed by atoms with Crippen LogP contribution in [-0.4, -0.2) is 57.0 Å². The topological polar surface area (TPSA) is 84.0 Å². The second-order valence-corrected chi connectivity index (χ2v) is 7.21. The smallest absolute Gasteiger partial charge is 0.407 e. The third kappa shape index (κ3) is 10.2. The molecule has 0 aromatic carbocycles. The van der Waals surface area contributed by atoms with E-state index in [4.69, 9.17) is 9.47 Å². The van der Waals surface area contributed by atoms with Gasteiger partial charge in [-0.05, 0) is 34.1 Å². The summed E-state index contributed by atoms with van der Waals surface area (Å²) in [7, 11) is 0. The van der Waals surface area contributed by atoms with Gasteiger partial charge in [0.15, 0.2) is 5.96 Å². The Morgan fingerprint density at radius 3 is 2.33 bits per heavy atom. The van der Waals surface area contributed by atoms with Crippen LogP contribution in [0.3, 0.4) is 0 Å². The third-order valence-electron chi connectivity index (χ3n) is 3.18. The van der Waals surface area contributed by atoms with E-state index in [1.807, 2.05) is 27.7 Å². The molecule has 142 valence electrons. The number of carbonyl (C=O) groups is 1. The lowest BCUT2D eigenvalue weighted by molar-refractivity contribution is -0.0945. The van der Waals surface area contributed by atoms with E-state index in [1.54, 1.807) is 0 Å². The van der Waals surface area contributed by atoms with Crippen LogP contribution in [0, 0.1) is 5.41 Å². The van der Waals surface area contributed by atoms with Crippen LogP contribution < -0.4 is 16.0 Å². The number of aliphatic imine (C=N–C) groups is 1. The molecular weight excluding hydrogens is 423 g/mol. The fraction of sp³-hybridized carbons (Fsp3) is 0.875. The van der Waals surface area contributed by atoms with Crippen LogP contribution in [0.5, 0.6) is 0 Å². The van der Waals surface area contributed by atoms with Crippen molar-refractivity contribution in [3.63, 3.8) is 0 Å². The molecule has 0 spiro atoms. The maximum atomic E-state index is 11.5. The van der Waals surface area contributed by atoms with Crippen LogP contribution in [0.15, 0.2) is 4.99 Å². The minimum absolute atomic E-state index is 0. The van der Waals surface area contributed by atoms with E-state index >= 15 is 0 Å². The number of hydrogen-bond acceptors (Lipinski definition) is 4. The molecule has 0 saturated carbocycles. The van der Waals surface area contributed by atoms with Gasteiger partial charge in [0.25, 0.3) is 0 Å². The SMILES string of the molecule is CCNC(=NCC1(C)COC1)NCCCNC(=O)OC(C)(C)C.I. The van der Waals surface area contributed by atoms with E-state index in [0.717, 1.165) is 45.2 Å². The molecule has 8 heteroatoms. The summed E-state index contributed by atoms with van der Waals surface area (Å²) in [5.41, 5.74) is -0.296. The quantitative estimate of drug-likeness (QED) is 0.237. The van der Waals surface area contributed by atoms with Crippen LogP contribution in [-0.2, 0) is 9.47 Å². The standard InChI is InChI=1S/C16H32N4O3.HI/c1-6-17-13(20-10-16(5)11-22-12-16)18-8-7-9-19-14(21)23-15(2,3)4;/h6-12H2,1-5H3,(H,19,21)(H2,17,18,20);1H. The average molecular weight is 456 g/mol. The van der Waals surface area contributed by atoms with Gasteiger partial charge < -0.3 is 25.4 Å². The van der Waals surface area contributed by atoms with Crippen molar-refractivity contribution in [3.8, 4) is 0 Å². The van der Waals surface area contributed by atoms with Gasteiger partial charge in [-0.1, -0.05) is 6.92 Å². The Morgan fingerprint density at radius 2 is 1.83 bits per heavy atom. The average Bonchev–Trinajstić information content (AvgIpc) is 2.40. The zero-order valence-electron chi connectivity index (χ0n) is 15.5. The summed E-state index contributed by atoms with van der Waals surface area (Å²) >= 11 is 0. The van der Waals surface area contributed by atoms with Crippen molar-refractivity contribution < 1.29 is 14.3 Å². The number of ether oxygens (including phenoxy) is 2. The molecule has 0 aliphatic carbocycles. The molecule has 7 nitrogen and oxygen atoms in total. The Hall–Kier alpha value is -0.770. The van der Waals surface area contributed by atoms with Crippen LogP contribution in [0.1, 0.15) is 41.0 Å². The van der Waals surface area contributed by atoms with Gasteiger partial charge in [0.1, 0.15) is 5.60 Å². The van der Waals surface area contributed by atoms with Crippen LogP contribution in [0.2, 0.25) is 0 Å². The lowest BCUT2D eigenvalue weighted by atomic mass is 9.89. The summed E-state index contributed by atoms with van der Waals surface area (Å²) in [6.07, 6.45) is 0.417. The zero-order valence-corrected chi connectivity index (χ0v) is 17.9. The largest absolute Gasteiger partial charge is 0.444 e. The summed E-state index contributed by atoms with van der Waals surface area (Å²) in [4.78, 5) is 16.1. The van der Waals surface area contributed by atoms with Crippen LogP contribution in [0.25, 0.3) is 0 Å². The van der Waals surface area contributed by atoms with Gasteiger partial charge in [-0.15, -0.1) is 24.0 Å². The molecule has 0 atom stereocenters. The van der Waals surface area contributed by atoms with Crippen molar-refractivity contribution in [1.29, 1.82) is 0 Å². The monoisotopic (exact) mass is 456 g/mol. The minimum Gasteiger partial charge on any atom is -0.444 e. The number of rotatable bonds is 7. The number of nitrogens with one attached hydrogen (secondary N) is 3. The molecule has 0 unspecified atom stereocenters. The van der Waals surface area contributed by atoms with Gasteiger partial charge in [-0.25, -0.2) is 4.79 Å². The van der Waals surface area contributed by atoms with Gasteiger partial charge >= 0.3 is 6.09 Å². The fourth-order valence-electron chi connectivity index (χ4n) is 1.95. The van der Waals surface area contributed by atoms with Gasteiger partial charge in [-0.2, -0.15) is 0 Å². The van der Waals surface area contributed by atoms with Crippen molar-refractivity contribution in [1.82, 2.24) is 16.0 Å². The van der Waals surface area contributed by atoms with Crippen molar-refractivity contribution in [2.24, 2.45) is 10.4 Å². The van der Waals surface area contributed by atoms with Crippen molar-refractivity contribution in [2.75, 3.05) is 39.4 Å². The summed E-state index contributed by atoms with van der Waals surface area (Å²) in [5.74, 6) is 0.804. The van der Waals surface area contributed by atoms with Crippen molar-refractivity contribution in [3.05, 3.63) is 0 Å². The second-order valence-electron chi connectivity index (χ2n) is 7.21. The molecule has 1 aliphatic heterocycles. The molecule has 1 aliphatic rings. The molecule has 1 fully saturated rings. The third-order valence-corrected chi connectivity index (χ3v) is 3.18. The maximum Gasteiger partial charge on any atom is 0.407 e. The van der Waals surface area contributed by atoms with Gasteiger partial charge in [0, 0.05) is 25.0 Å². The highest BCUT2D eigenvalue weighted by Gasteiger charge is 2.33. The van der Waals surface area contributed by atoms with E-state index in [9.17, 15) is 4.79 Å². The molecular formula is C16H33IN4O3. The number of hydrogen-bond donors (Lipinski definition) is 3. The van der Waals surface area contributed by atoms with E-state index in [1.165, 1.54) is 0 Å². The molecule has 1 saturated heterocycles. The molecule has 3 N–H and O–H groups in total. The minimum atomic E-state index is -0.464. The summed E-state index contributed by atoms with van der Waals surface area (Å²) in [6.45, 7) is 14.2. The maximum absolute atomic E-state index is 11.5.